The third-order valence-electron chi connectivity index (χ3n) is 5.97. The predicted octanol–water partition coefficient (Wildman–Crippen LogP) is -0.379. The molecule has 28 heavy (non-hydrogen) atoms. The van der Waals surface area contributed by atoms with Crippen LogP contribution in [0.5, 0.6) is 0 Å². The average Bonchev–Trinajstić information content (AvgIpc) is 3.44. The van der Waals surface area contributed by atoms with Gasteiger partial charge in [0.05, 0.1) is 6.54 Å². The molecule has 154 valence electrons. The van der Waals surface area contributed by atoms with Crippen molar-refractivity contribution in [2.45, 2.75) is 45.2 Å². The Morgan fingerprint density at radius 1 is 1.18 bits per heavy atom. The first kappa shape index (κ1) is 19.2. The molecule has 1 saturated heterocycles. The minimum absolute atomic E-state index is 0.166. The number of carbonyl (C=O) groups excluding carboxylic acids is 1. The molecule has 1 amide bonds. The highest BCUT2D eigenvalue weighted by atomic mass is 16.2. The maximum atomic E-state index is 12.0. The molecule has 1 aliphatic carbocycles. The van der Waals surface area contributed by atoms with Crippen LogP contribution in [0.2, 0.25) is 0 Å². The molecule has 3 aliphatic rings. The van der Waals surface area contributed by atoms with E-state index in [-0.39, 0.29) is 5.91 Å². The molecule has 1 atom stereocenters. The molecule has 9 nitrogen and oxygen atoms in total. The SMILES string of the molecule is CN=C(NCC1CCc2nnc(C)n2C1)N1CCN(CC(=O)NC2CC2)CC1. The third kappa shape index (κ3) is 4.63. The lowest BCUT2D eigenvalue weighted by Crippen LogP contribution is -2.54. The summed E-state index contributed by atoms with van der Waals surface area (Å²) in [5.74, 6) is 3.81. The van der Waals surface area contributed by atoms with Gasteiger partial charge in [-0.25, -0.2) is 0 Å². The Bertz CT molecular complexity index is 718. The first-order valence-electron chi connectivity index (χ1n) is 10.5. The molecule has 1 aromatic heterocycles. The first-order chi connectivity index (χ1) is 13.6. The van der Waals surface area contributed by atoms with E-state index in [1.165, 1.54) is 0 Å². The van der Waals surface area contributed by atoms with Crippen LogP contribution >= 0.6 is 0 Å². The Balaban J connectivity index is 1.21. The van der Waals surface area contributed by atoms with E-state index in [9.17, 15) is 4.79 Å². The number of piperazine rings is 1. The van der Waals surface area contributed by atoms with Gasteiger partial charge in [0.1, 0.15) is 11.6 Å². The van der Waals surface area contributed by atoms with Crippen molar-refractivity contribution in [1.29, 1.82) is 0 Å². The Morgan fingerprint density at radius 2 is 1.96 bits per heavy atom. The molecular weight excluding hydrogens is 356 g/mol. The van der Waals surface area contributed by atoms with Gasteiger partial charge in [-0.1, -0.05) is 0 Å². The van der Waals surface area contributed by atoms with Crippen LogP contribution < -0.4 is 10.6 Å². The van der Waals surface area contributed by atoms with E-state index in [1.54, 1.807) is 0 Å². The van der Waals surface area contributed by atoms with Crippen LogP contribution in [0.25, 0.3) is 0 Å². The number of fused-ring (bicyclic) bond motifs is 1. The van der Waals surface area contributed by atoms with Crippen molar-refractivity contribution in [3.8, 4) is 0 Å². The zero-order valence-electron chi connectivity index (χ0n) is 17.0. The van der Waals surface area contributed by atoms with Gasteiger partial charge in [0, 0.05) is 58.8 Å². The van der Waals surface area contributed by atoms with Gasteiger partial charge in [0.25, 0.3) is 0 Å². The van der Waals surface area contributed by atoms with E-state index >= 15 is 0 Å². The van der Waals surface area contributed by atoms with Crippen LogP contribution in [-0.2, 0) is 17.8 Å². The molecule has 4 rings (SSSR count). The summed E-state index contributed by atoms with van der Waals surface area (Å²) in [4.78, 5) is 21.0. The molecule has 1 saturated carbocycles. The average molecular weight is 389 g/mol. The third-order valence-corrected chi connectivity index (χ3v) is 5.97. The number of hydrogen-bond acceptors (Lipinski definition) is 5. The first-order valence-corrected chi connectivity index (χ1v) is 10.5. The van der Waals surface area contributed by atoms with E-state index < -0.39 is 0 Å². The summed E-state index contributed by atoms with van der Waals surface area (Å²) >= 11 is 0. The number of aryl methyl sites for hydroxylation is 2. The lowest BCUT2D eigenvalue weighted by molar-refractivity contribution is -0.122. The number of guanidine groups is 1. The summed E-state index contributed by atoms with van der Waals surface area (Å²) in [7, 11) is 1.85. The fraction of sp³-hybridized carbons (Fsp3) is 0.789. The summed E-state index contributed by atoms with van der Waals surface area (Å²) in [5.41, 5.74) is 0. The zero-order chi connectivity index (χ0) is 19.5. The molecule has 0 spiro atoms. The molecule has 9 heteroatoms. The van der Waals surface area contributed by atoms with Crippen molar-refractivity contribution in [2.75, 3.05) is 46.3 Å². The monoisotopic (exact) mass is 388 g/mol. The van der Waals surface area contributed by atoms with Crippen LogP contribution in [-0.4, -0.2) is 88.8 Å². The maximum Gasteiger partial charge on any atom is 0.234 e. The predicted molar refractivity (Wildman–Crippen MR) is 107 cm³/mol. The van der Waals surface area contributed by atoms with E-state index in [0.29, 0.717) is 18.5 Å². The summed E-state index contributed by atoms with van der Waals surface area (Å²) in [6.45, 7) is 8.01. The van der Waals surface area contributed by atoms with Gasteiger partial charge in [-0.05, 0) is 32.1 Å². The van der Waals surface area contributed by atoms with Gasteiger partial charge in [-0.15, -0.1) is 10.2 Å². The molecule has 3 heterocycles. The van der Waals surface area contributed by atoms with Crippen molar-refractivity contribution in [3.05, 3.63) is 11.6 Å². The summed E-state index contributed by atoms with van der Waals surface area (Å²) in [5, 5.41) is 15.1. The quantitative estimate of drug-likeness (QED) is 0.528. The number of nitrogens with one attached hydrogen (secondary N) is 2. The number of rotatable bonds is 5. The minimum Gasteiger partial charge on any atom is -0.356 e. The smallest absolute Gasteiger partial charge is 0.234 e. The normalized spacial score (nSPS) is 23.4. The summed E-state index contributed by atoms with van der Waals surface area (Å²) in [6.07, 6.45) is 4.40. The number of aromatic nitrogens is 3. The van der Waals surface area contributed by atoms with Gasteiger partial charge in [0.15, 0.2) is 5.96 Å². The van der Waals surface area contributed by atoms with Gasteiger partial charge >= 0.3 is 0 Å². The Labute approximate surface area is 166 Å². The fourth-order valence-corrected chi connectivity index (χ4v) is 4.09. The van der Waals surface area contributed by atoms with E-state index in [2.05, 4.69) is 40.2 Å². The molecule has 1 aromatic rings. The van der Waals surface area contributed by atoms with Crippen molar-refractivity contribution in [3.63, 3.8) is 0 Å². The molecule has 1 unspecified atom stereocenters. The minimum atomic E-state index is 0.166. The Kier molecular flexibility index (Phi) is 5.79. The molecule has 2 aliphatic heterocycles. The molecule has 0 radical (unpaired) electrons. The van der Waals surface area contributed by atoms with Crippen LogP contribution in [0.4, 0.5) is 0 Å². The lowest BCUT2D eigenvalue weighted by atomic mass is 9.99. The summed E-state index contributed by atoms with van der Waals surface area (Å²) < 4.78 is 2.24. The highest BCUT2D eigenvalue weighted by molar-refractivity contribution is 5.80. The van der Waals surface area contributed by atoms with Crippen LogP contribution in [0, 0.1) is 12.8 Å². The zero-order valence-corrected chi connectivity index (χ0v) is 17.0. The van der Waals surface area contributed by atoms with E-state index in [4.69, 9.17) is 0 Å². The second-order valence-corrected chi connectivity index (χ2v) is 8.21. The van der Waals surface area contributed by atoms with Crippen LogP contribution in [0.3, 0.4) is 0 Å². The number of hydrogen-bond donors (Lipinski definition) is 2. The topological polar surface area (TPSA) is 90.7 Å². The van der Waals surface area contributed by atoms with Crippen molar-refractivity contribution in [1.82, 2.24) is 35.2 Å². The molecule has 0 aromatic carbocycles. The van der Waals surface area contributed by atoms with Crippen LogP contribution in [0.15, 0.2) is 4.99 Å². The highest BCUT2D eigenvalue weighted by Gasteiger charge is 2.26. The van der Waals surface area contributed by atoms with Crippen molar-refractivity contribution < 1.29 is 4.79 Å². The Hall–Kier alpha value is -2.16. The molecule has 0 bridgehead atoms. The standard InChI is InChI=1S/C19H32N8O/c1-14-23-24-17-6-3-15(12-27(14)17)11-21-19(20-2)26-9-7-25(8-10-26)13-18(28)22-16-4-5-16/h15-16H,3-13H2,1-2H3,(H,20,21)(H,22,28). The second-order valence-electron chi connectivity index (χ2n) is 8.21. The number of nitrogens with zero attached hydrogens (tertiary/aromatic N) is 6. The van der Waals surface area contributed by atoms with Gasteiger partial charge in [-0.2, -0.15) is 0 Å². The molecule has 2 N–H and O–H groups in total. The molecular formula is C19H32N8O. The van der Waals surface area contributed by atoms with Crippen molar-refractivity contribution >= 4 is 11.9 Å². The Morgan fingerprint density at radius 3 is 2.68 bits per heavy atom. The summed E-state index contributed by atoms with van der Waals surface area (Å²) in [6, 6.07) is 0.439. The van der Waals surface area contributed by atoms with Gasteiger partial charge in [0.2, 0.25) is 5.91 Å². The number of carbonyl (C=O) groups is 1. The largest absolute Gasteiger partial charge is 0.356 e. The van der Waals surface area contributed by atoms with Crippen molar-refractivity contribution in [2.24, 2.45) is 10.9 Å². The maximum absolute atomic E-state index is 12.0. The van der Waals surface area contributed by atoms with E-state index in [0.717, 1.165) is 82.6 Å². The lowest BCUT2D eigenvalue weighted by Gasteiger charge is -2.36. The van der Waals surface area contributed by atoms with Crippen LogP contribution in [0.1, 0.15) is 30.9 Å². The number of aliphatic imine (C=N–C) groups is 1. The second kappa shape index (κ2) is 8.46. The van der Waals surface area contributed by atoms with E-state index in [1.807, 2.05) is 14.0 Å². The highest BCUT2D eigenvalue weighted by Crippen LogP contribution is 2.19. The van der Waals surface area contributed by atoms with Gasteiger partial charge in [-0.3, -0.25) is 14.7 Å². The fourth-order valence-electron chi connectivity index (χ4n) is 4.09. The number of amides is 1. The van der Waals surface area contributed by atoms with Gasteiger partial charge < -0.3 is 20.1 Å². The molecule has 2 fully saturated rings.